The summed E-state index contributed by atoms with van der Waals surface area (Å²) in [7, 11) is -0.945. The van der Waals surface area contributed by atoms with Crippen LogP contribution < -0.4 is 4.74 Å². The number of aromatic nitrogens is 3. The van der Waals surface area contributed by atoms with E-state index in [0.717, 1.165) is 17.8 Å². The molecule has 0 aliphatic carbocycles. The van der Waals surface area contributed by atoms with Crippen molar-refractivity contribution in [1.82, 2.24) is 18.8 Å². The summed E-state index contributed by atoms with van der Waals surface area (Å²) in [5.41, 5.74) is 2.17. The van der Waals surface area contributed by atoms with E-state index in [4.69, 9.17) is 4.74 Å². The SMILES string of the molecule is COc1ccc(CN(C)S(=O)(=O)c2ccc(Cc3ccc(C(F)(F)F)cn3)c(-c3cn(Cc4ccccc4F)cn3)c2)cc1. The summed E-state index contributed by atoms with van der Waals surface area (Å²) >= 11 is 0. The lowest BCUT2D eigenvalue weighted by Crippen LogP contribution is -2.26. The van der Waals surface area contributed by atoms with Crippen molar-refractivity contribution >= 4 is 10.0 Å². The van der Waals surface area contributed by atoms with Gasteiger partial charge in [-0.25, -0.2) is 17.8 Å². The zero-order valence-corrected chi connectivity index (χ0v) is 24.6. The third-order valence-corrected chi connectivity index (χ3v) is 8.90. The van der Waals surface area contributed by atoms with Crippen LogP contribution in [0.2, 0.25) is 0 Å². The number of methoxy groups -OCH3 is 1. The Labute approximate surface area is 252 Å². The van der Waals surface area contributed by atoms with Crippen molar-refractivity contribution < 1.29 is 30.7 Å². The zero-order chi connectivity index (χ0) is 31.5. The van der Waals surface area contributed by atoms with E-state index in [-0.39, 0.29) is 30.2 Å². The Morgan fingerprint density at radius 2 is 1.68 bits per heavy atom. The molecule has 5 rings (SSSR count). The van der Waals surface area contributed by atoms with Gasteiger partial charge in [-0.05, 0) is 53.6 Å². The van der Waals surface area contributed by atoms with Crippen molar-refractivity contribution in [2.24, 2.45) is 0 Å². The van der Waals surface area contributed by atoms with E-state index >= 15 is 0 Å². The van der Waals surface area contributed by atoms with Gasteiger partial charge in [0.1, 0.15) is 11.6 Å². The first-order valence-electron chi connectivity index (χ1n) is 13.4. The number of ether oxygens (including phenoxy) is 1. The minimum atomic E-state index is -4.52. The van der Waals surface area contributed by atoms with Crippen molar-refractivity contribution in [3.8, 4) is 17.0 Å². The molecular weight excluding hydrogens is 596 g/mol. The van der Waals surface area contributed by atoms with Crippen LogP contribution in [0.5, 0.6) is 5.75 Å². The summed E-state index contributed by atoms with van der Waals surface area (Å²) in [6, 6.07) is 20.2. The van der Waals surface area contributed by atoms with Crippen LogP contribution in [0.15, 0.2) is 102 Å². The van der Waals surface area contributed by atoms with Gasteiger partial charge in [0.2, 0.25) is 10.0 Å². The molecule has 0 radical (unpaired) electrons. The maximum atomic E-state index is 14.3. The molecule has 44 heavy (non-hydrogen) atoms. The molecule has 5 aromatic rings. The normalized spacial score (nSPS) is 12.1. The van der Waals surface area contributed by atoms with Gasteiger partial charge in [0.15, 0.2) is 0 Å². The standard InChI is InChI=1S/C32H28F4N4O3S/c1-39(18-22-7-12-27(43-2)13-8-22)44(41,42)28-14-9-23(15-26-11-10-25(17-37-26)32(34,35)36)29(16-28)31-20-40(21-38-31)19-24-5-3-4-6-30(24)33/h3-14,16-17,20-21H,15,18-19H2,1-2H3. The van der Waals surface area contributed by atoms with Crippen molar-refractivity contribution in [2.75, 3.05) is 14.2 Å². The van der Waals surface area contributed by atoms with Crippen LogP contribution in [-0.4, -0.2) is 41.4 Å². The van der Waals surface area contributed by atoms with Gasteiger partial charge in [0, 0.05) is 49.2 Å². The van der Waals surface area contributed by atoms with Crippen molar-refractivity contribution in [3.05, 3.63) is 131 Å². The molecule has 0 aliphatic heterocycles. The van der Waals surface area contributed by atoms with E-state index in [1.54, 1.807) is 66.4 Å². The van der Waals surface area contributed by atoms with E-state index in [2.05, 4.69) is 9.97 Å². The molecular formula is C32H28F4N4O3S. The number of rotatable bonds is 10. The second-order valence-corrected chi connectivity index (χ2v) is 12.2. The fourth-order valence-corrected chi connectivity index (χ4v) is 5.85. The minimum absolute atomic E-state index is 0.0105. The fraction of sp³-hybridized carbons (Fsp3) is 0.188. The van der Waals surface area contributed by atoms with Gasteiger partial charge < -0.3 is 9.30 Å². The Balaban J connectivity index is 1.49. The third-order valence-electron chi connectivity index (χ3n) is 7.10. The summed E-state index contributed by atoms with van der Waals surface area (Å²) in [5.74, 6) is 0.279. The summed E-state index contributed by atoms with van der Waals surface area (Å²) in [4.78, 5) is 8.46. The first kappa shape index (κ1) is 30.9. The summed E-state index contributed by atoms with van der Waals surface area (Å²) in [5, 5.41) is 0. The lowest BCUT2D eigenvalue weighted by atomic mass is 10.00. The van der Waals surface area contributed by atoms with Gasteiger partial charge in [-0.15, -0.1) is 0 Å². The van der Waals surface area contributed by atoms with E-state index in [1.165, 1.54) is 41.9 Å². The van der Waals surface area contributed by atoms with E-state index in [0.29, 0.717) is 33.8 Å². The van der Waals surface area contributed by atoms with Crippen LogP contribution in [0, 0.1) is 5.82 Å². The molecule has 0 saturated heterocycles. The average molecular weight is 625 g/mol. The highest BCUT2D eigenvalue weighted by atomic mass is 32.2. The largest absolute Gasteiger partial charge is 0.497 e. The van der Waals surface area contributed by atoms with Crippen molar-refractivity contribution in [2.45, 2.75) is 30.6 Å². The Morgan fingerprint density at radius 1 is 0.932 bits per heavy atom. The molecule has 0 bridgehead atoms. The number of sulfonamides is 1. The minimum Gasteiger partial charge on any atom is -0.497 e. The molecule has 0 unspecified atom stereocenters. The Morgan fingerprint density at radius 3 is 2.34 bits per heavy atom. The molecule has 228 valence electrons. The van der Waals surface area contributed by atoms with Crippen molar-refractivity contribution in [1.29, 1.82) is 0 Å². The van der Waals surface area contributed by atoms with E-state index in [1.807, 2.05) is 0 Å². The molecule has 3 aromatic carbocycles. The molecule has 0 atom stereocenters. The second-order valence-electron chi connectivity index (χ2n) is 10.2. The van der Waals surface area contributed by atoms with Gasteiger partial charge in [-0.3, -0.25) is 4.98 Å². The molecule has 0 aliphatic rings. The van der Waals surface area contributed by atoms with Gasteiger partial charge in [0.05, 0.1) is 36.1 Å². The maximum absolute atomic E-state index is 14.3. The van der Waals surface area contributed by atoms with Gasteiger partial charge in [-0.2, -0.15) is 17.5 Å². The quantitative estimate of drug-likeness (QED) is 0.164. The molecule has 0 saturated carbocycles. The molecule has 2 heterocycles. The van der Waals surface area contributed by atoms with Crippen LogP contribution in [0.25, 0.3) is 11.3 Å². The molecule has 12 heteroatoms. The number of benzene rings is 3. The fourth-order valence-electron chi connectivity index (χ4n) is 4.66. The number of hydrogen-bond acceptors (Lipinski definition) is 5. The number of hydrogen-bond donors (Lipinski definition) is 0. The Hall–Kier alpha value is -4.55. The van der Waals surface area contributed by atoms with E-state index in [9.17, 15) is 26.0 Å². The van der Waals surface area contributed by atoms with Crippen LogP contribution >= 0.6 is 0 Å². The van der Waals surface area contributed by atoms with Crippen LogP contribution in [0.1, 0.15) is 27.9 Å². The molecule has 0 spiro atoms. The average Bonchev–Trinajstić information content (AvgIpc) is 3.47. The summed E-state index contributed by atoms with van der Waals surface area (Å²) in [6.07, 6.45) is -0.446. The third kappa shape index (κ3) is 6.98. The first-order valence-corrected chi connectivity index (χ1v) is 14.9. The molecule has 0 fully saturated rings. The number of imidazole rings is 1. The van der Waals surface area contributed by atoms with Crippen LogP contribution in [0.4, 0.5) is 17.6 Å². The number of nitrogens with zero attached hydrogens (tertiary/aromatic N) is 4. The van der Waals surface area contributed by atoms with Gasteiger partial charge in [-0.1, -0.05) is 36.4 Å². The molecule has 0 amide bonds. The van der Waals surface area contributed by atoms with Gasteiger partial charge in [0.25, 0.3) is 0 Å². The predicted octanol–water partition coefficient (Wildman–Crippen LogP) is 6.57. The second kappa shape index (κ2) is 12.6. The highest BCUT2D eigenvalue weighted by Gasteiger charge is 2.30. The summed E-state index contributed by atoms with van der Waals surface area (Å²) in [6.45, 7) is 0.300. The maximum Gasteiger partial charge on any atom is 0.417 e. The predicted molar refractivity (Wildman–Crippen MR) is 157 cm³/mol. The molecule has 0 N–H and O–H groups in total. The summed E-state index contributed by atoms with van der Waals surface area (Å²) < 4.78 is 88.8. The highest BCUT2D eigenvalue weighted by Crippen LogP contribution is 2.31. The zero-order valence-electron chi connectivity index (χ0n) is 23.8. The Bertz CT molecular complexity index is 1860. The van der Waals surface area contributed by atoms with Crippen molar-refractivity contribution in [3.63, 3.8) is 0 Å². The van der Waals surface area contributed by atoms with Crippen LogP contribution in [0.3, 0.4) is 0 Å². The topological polar surface area (TPSA) is 77.3 Å². The van der Waals surface area contributed by atoms with E-state index < -0.39 is 21.8 Å². The smallest absolute Gasteiger partial charge is 0.417 e. The Kier molecular flexibility index (Phi) is 8.84. The lowest BCUT2D eigenvalue weighted by Gasteiger charge is -2.19. The lowest BCUT2D eigenvalue weighted by molar-refractivity contribution is -0.137. The number of halogens is 4. The van der Waals surface area contributed by atoms with Gasteiger partial charge >= 0.3 is 6.18 Å². The molecule has 2 aromatic heterocycles. The highest BCUT2D eigenvalue weighted by molar-refractivity contribution is 7.89. The number of pyridine rings is 1. The first-order chi connectivity index (χ1) is 20.9. The number of alkyl halides is 3. The molecule has 7 nitrogen and oxygen atoms in total. The monoisotopic (exact) mass is 624 g/mol. The van der Waals surface area contributed by atoms with Crippen LogP contribution in [-0.2, 0) is 35.7 Å².